The molecule has 1 aliphatic rings. The highest BCUT2D eigenvalue weighted by molar-refractivity contribution is 6.12. The molecule has 0 atom stereocenters. The molecular weight excluding hydrogens is 552 g/mol. The maximum atomic E-state index is 15.3. The van der Waals surface area contributed by atoms with E-state index >= 15 is 4.39 Å². The number of benzene rings is 3. The fraction of sp³-hybridized carbons (Fsp3) is 0.242. The minimum Gasteiger partial charge on any atom is -0.454 e. The predicted molar refractivity (Wildman–Crippen MR) is 160 cm³/mol. The summed E-state index contributed by atoms with van der Waals surface area (Å²) >= 11 is 0. The van der Waals surface area contributed by atoms with Crippen LogP contribution in [0, 0.1) is 25.5 Å². The topological polar surface area (TPSA) is 106 Å². The lowest BCUT2D eigenvalue weighted by Crippen LogP contribution is -2.36. The molecule has 0 saturated carbocycles. The first-order chi connectivity index (χ1) is 20.6. The molecule has 1 fully saturated rings. The maximum Gasteiger partial charge on any atom is 0.219 e. The molecule has 3 N–H and O–H groups in total. The molecule has 220 valence electrons. The summed E-state index contributed by atoms with van der Waals surface area (Å²) in [6.07, 6.45) is 3.10. The lowest BCUT2D eigenvalue weighted by Gasteiger charge is -2.32. The van der Waals surface area contributed by atoms with Gasteiger partial charge in [-0.15, -0.1) is 0 Å². The van der Waals surface area contributed by atoms with E-state index in [1.54, 1.807) is 32.0 Å². The van der Waals surface area contributed by atoms with Crippen LogP contribution in [0.5, 0.6) is 11.5 Å². The second-order valence-electron chi connectivity index (χ2n) is 11.0. The van der Waals surface area contributed by atoms with Gasteiger partial charge in [0.2, 0.25) is 11.7 Å². The molecule has 0 aliphatic carbocycles. The van der Waals surface area contributed by atoms with Gasteiger partial charge in [-0.05, 0) is 85.7 Å². The third-order valence-electron chi connectivity index (χ3n) is 8.19. The van der Waals surface area contributed by atoms with Crippen LogP contribution >= 0.6 is 0 Å². The number of nitrogen functional groups attached to an aromatic ring is 1. The minimum atomic E-state index is -0.692. The lowest BCUT2D eigenvalue weighted by atomic mass is 9.86. The number of ketones is 1. The van der Waals surface area contributed by atoms with Crippen LogP contribution in [0.4, 0.5) is 14.6 Å². The number of amides is 1. The Morgan fingerprint density at radius 3 is 2.44 bits per heavy atom. The molecule has 3 heterocycles. The van der Waals surface area contributed by atoms with Crippen molar-refractivity contribution < 1.29 is 23.1 Å². The summed E-state index contributed by atoms with van der Waals surface area (Å²) in [5, 5.41) is 5.12. The van der Waals surface area contributed by atoms with Gasteiger partial charge in [-0.3, -0.25) is 9.59 Å². The molecule has 1 amide bonds. The number of fused-ring (bicyclic) bond motifs is 1. The van der Waals surface area contributed by atoms with Crippen LogP contribution in [0.25, 0.3) is 16.6 Å². The second-order valence-corrected chi connectivity index (χ2v) is 11.0. The van der Waals surface area contributed by atoms with Gasteiger partial charge in [0.25, 0.3) is 0 Å². The molecule has 5 aromatic rings. The number of aromatic nitrogens is 3. The van der Waals surface area contributed by atoms with E-state index in [-0.39, 0.29) is 40.3 Å². The number of anilines is 1. The number of carbonyl (C=O) groups excluding carboxylic acids is 2. The van der Waals surface area contributed by atoms with Gasteiger partial charge >= 0.3 is 0 Å². The summed E-state index contributed by atoms with van der Waals surface area (Å²) < 4.78 is 36.1. The molecule has 1 aliphatic heterocycles. The average Bonchev–Trinajstić information content (AvgIpc) is 3.56. The number of rotatable bonds is 6. The Kier molecular flexibility index (Phi) is 7.21. The summed E-state index contributed by atoms with van der Waals surface area (Å²) in [4.78, 5) is 30.4. The summed E-state index contributed by atoms with van der Waals surface area (Å²) in [5.41, 5.74) is 10.5. The zero-order valence-corrected chi connectivity index (χ0v) is 24.1. The van der Waals surface area contributed by atoms with Crippen LogP contribution in [0.2, 0.25) is 0 Å². The average molecular weight is 584 g/mol. The highest BCUT2D eigenvalue weighted by atomic mass is 19.1. The fourth-order valence-corrected chi connectivity index (χ4v) is 5.92. The summed E-state index contributed by atoms with van der Waals surface area (Å²) in [5.74, 6) is -1.12. The van der Waals surface area contributed by atoms with Crippen molar-refractivity contribution in [3.05, 3.63) is 100 Å². The molecule has 6 rings (SSSR count). The first-order valence-electron chi connectivity index (χ1n) is 14.1. The summed E-state index contributed by atoms with van der Waals surface area (Å²) in [6.45, 7) is 6.78. The van der Waals surface area contributed by atoms with E-state index in [1.165, 1.54) is 34.6 Å². The number of hydrogen-bond acceptors (Lipinski definition) is 5. The van der Waals surface area contributed by atoms with E-state index in [4.69, 9.17) is 10.5 Å². The number of hydrogen-bond donors (Lipinski definition) is 2. The molecule has 2 aromatic heterocycles. The number of nitrogens with one attached hydrogen (secondary N) is 1. The van der Waals surface area contributed by atoms with Gasteiger partial charge in [-0.1, -0.05) is 12.1 Å². The first-order valence-corrected chi connectivity index (χ1v) is 14.1. The van der Waals surface area contributed by atoms with Crippen LogP contribution in [0.1, 0.15) is 58.4 Å². The Hall–Kier alpha value is -4.99. The standard InChI is InChI=1S/C33H31F2N5O3/c1-18-12-22-14-29(38-28(22)16-24(18)21-8-10-39(11-9-21)20(3)41)32(42)25-17-37-40(33(25)36)31-19(2)13-23(15-27(31)35)43-30-7-5-4-6-26(30)34/h4-7,12-17,21,38H,8-11,36H2,1-3H3. The molecule has 0 bridgehead atoms. The first kappa shape index (κ1) is 28.1. The molecule has 1 saturated heterocycles. The molecule has 10 heteroatoms. The lowest BCUT2D eigenvalue weighted by molar-refractivity contribution is -0.129. The van der Waals surface area contributed by atoms with E-state index in [9.17, 15) is 14.0 Å². The quantitative estimate of drug-likeness (QED) is 0.220. The number of nitrogens with zero attached hydrogens (tertiary/aromatic N) is 3. The smallest absolute Gasteiger partial charge is 0.219 e. The second kappa shape index (κ2) is 11.0. The molecule has 3 aromatic carbocycles. The normalized spacial score (nSPS) is 13.9. The number of H-pyrrole nitrogens is 1. The summed E-state index contributed by atoms with van der Waals surface area (Å²) in [6, 6.07) is 14.5. The van der Waals surface area contributed by atoms with Crippen molar-refractivity contribution in [2.24, 2.45) is 0 Å². The number of aromatic amines is 1. The number of carbonyl (C=O) groups is 2. The van der Waals surface area contributed by atoms with Crippen LogP contribution in [0.3, 0.4) is 0 Å². The van der Waals surface area contributed by atoms with Gasteiger partial charge in [-0.25, -0.2) is 13.5 Å². The number of para-hydroxylation sites is 1. The van der Waals surface area contributed by atoms with Gasteiger partial charge in [0.15, 0.2) is 17.4 Å². The maximum absolute atomic E-state index is 15.3. The van der Waals surface area contributed by atoms with E-state index in [0.717, 1.165) is 48.5 Å². The van der Waals surface area contributed by atoms with Crippen LogP contribution in [-0.2, 0) is 4.79 Å². The van der Waals surface area contributed by atoms with Crippen molar-refractivity contribution >= 4 is 28.4 Å². The Labute approximate surface area is 247 Å². The third kappa shape index (κ3) is 5.24. The Bertz CT molecular complexity index is 1860. The fourth-order valence-electron chi connectivity index (χ4n) is 5.92. The Balaban J connectivity index is 1.26. The SMILES string of the molecule is CC(=O)N1CCC(c2cc3[nH]c(C(=O)c4cnn(-c5c(C)cc(Oc6ccccc6F)cc5F)c4N)cc3cc2C)CC1. The van der Waals surface area contributed by atoms with Crippen molar-refractivity contribution in [1.82, 2.24) is 19.7 Å². The van der Waals surface area contributed by atoms with Crippen molar-refractivity contribution in [2.45, 2.75) is 39.5 Å². The van der Waals surface area contributed by atoms with Gasteiger partial charge in [0, 0.05) is 37.0 Å². The highest BCUT2D eigenvalue weighted by Gasteiger charge is 2.25. The van der Waals surface area contributed by atoms with Gasteiger partial charge in [0.05, 0.1) is 17.5 Å². The molecule has 8 nitrogen and oxygen atoms in total. The van der Waals surface area contributed by atoms with Crippen LogP contribution < -0.4 is 10.5 Å². The molecule has 0 spiro atoms. The number of aryl methyl sites for hydroxylation is 2. The van der Waals surface area contributed by atoms with Gasteiger partial charge in [0.1, 0.15) is 17.3 Å². The van der Waals surface area contributed by atoms with E-state index in [2.05, 4.69) is 29.1 Å². The number of piperidine rings is 1. The zero-order valence-electron chi connectivity index (χ0n) is 24.1. The molecule has 0 unspecified atom stereocenters. The van der Waals surface area contributed by atoms with Crippen LogP contribution in [0.15, 0.2) is 60.8 Å². The monoisotopic (exact) mass is 583 g/mol. The van der Waals surface area contributed by atoms with E-state index < -0.39 is 11.6 Å². The molecule has 43 heavy (non-hydrogen) atoms. The minimum absolute atomic E-state index is 0.0115. The molecule has 0 radical (unpaired) electrons. The third-order valence-corrected chi connectivity index (χ3v) is 8.19. The van der Waals surface area contributed by atoms with Crippen molar-refractivity contribution in [3.63, 3.8) is 0 Å². The van der Waals surface area contributed by atoms with Gasteiger partial charge < -0.3 is 20.4 Å². The number of nitrogens with two attached hydrogens (primary N) is 1. The van der Waals surface area contributed by atoms with Crippen molar-refractivity contribution in [1.29, 1.82) is 0 Å². The number of halogens is 2. The van der Waals surface area contributed by atoms with E-state index in [1.807, 2.05) is 4.90 Å². The van der Waals surface area contributed by atoms with E-state index in [0.29, 0.717) is 17.2 Å². The number of ether oxygens (including phenoxy) is 1. The van der Waals surface area contributed by atoms with Crippen LogP contribution in [-0.4, -0.2) is 44.4 Å². The Morgan fingerprint density at radius 1 is 1.00 bits per heavy atom. The summed E-state index contributed by atoms with van der Waals surface area (Å²) in [7, 11) is 0. The Morgan fingerprint density at radius 2 is 1.74 bits per heavy atom. The largest absolute Gasteiger partial charge is 0.454 e. The van der Waals surface area contributed by atoms with Crippen molar-refractivity contribution in [2.75, 3.05) is 18.8 Å². The molecular formula is C33H31F2N5O3. The number of likely N-dealkylation sites (tertiary alicyclic amines) is 1. The van der Waals surface area contributed by atoms with Gasteiger partial charge in [-0.2, -0.15) is 5.10 Å². The highest BCUT2D eigenvalue weighted by Crippen LogP contribution is 2.34. The predicted octanol–water partition coefficient (Wildman–Crippen LogP) is 6.58. The zero-order chi connectivity index (χ0) is 30.4. The van der Waals surface area contributed by atoms with Crippen molar-refractivity contribution in [3.8, 4) is 17.2 Å².